The summed E-state index contributed by atoms with van der Waals surface area (Å²) in [6.45, 7) is 2.28. The number of hydrogen-bond acceptors (Lipinski definition) is 3. The Balaban J connectivity index is 2.17. The van der Waals surface area contributed by atoms with Gasteiger partial charge in [0, 0.05) is 6.04 Å². The van der Waals surface area contributed by atoms with Crippen LogP contribution in [0.1, 0.15) is 47.5 Å². The van der Waals surface area contributed by atoms with Crippen molar-refractivity contribution in [2.75, 3.05) is 6.54 Å². The fraction of sp³-hybridized carbons (Fsp3) is 0.571. The van der Waals surface area contributed by atoms with Gasteiger partial charge in [0.25, 0.3) is 5.91 Å². The van der Waals surface area contributed by atoms with Gasteiger partial charge in [-0.2, -0.15) is 0 Å². The Morgan fingerprint density at radius 3 is 2.83 bits per heavy atom. The molecule has 0 aromatic carbocycles. The molecule has 1 fully saturated rings. The fourth-order valence-corrected chi connectivity index (χ4v) is 3.25. The van der Waals surface area contributed by atoms with Crippen LogP contribution in [-0.4, -0.2) is 28.4 Å². The molecule has 1 aliphatic rings. The summed E-state index contributed by atoms with van der Waals surface area (Å²) >= 11 is 1.40. The molecule has 0 saturated heterocycles. The van der Waals surface area contributed by atoms with Crippen molar-refractivity contribution >= 4 is 17.2 Å². The first-order valence-corrected chi connectivity index (χ1v) is 7.26. The molecule has 18 heavy (non-hydrogen) atoms. The van der Waals surface area contributed by atoms with E-state index in [1.54, 1.807) is 5.51 Å². The highest BCUT2D eigenvalue weighted by molar-refractivity contribution is 7.11. The van der Waals surface area contributed by atoms with Gasteiger partial charge in [0.2, 0.25) is 0 Å². The van der Waals surface area contributed by atoms with Crippen LogP contribution in [0.4, 0.5) is 0 Å². The first-order valence-electron chi connectivity index (χ1n) is 6.38. The number of thiazole rings is 1. The van der Waals surface area contributed by atoms with Crippen molar-refractivity contribution in [2.45, 2.75) is 45.1 Å². The van der Waals surface area contributed by atoms with E-state index in [0.717, 1.165) is 23.4 Å². The summed E-state index contributed by atoms with van der Waals surface area (Å²) in [6, 6.07) is 0.309. The van der Waals surface area contributed by atoms with Crippen LogP contribution in [0.25, 0.3) is 0 Å². The van der Waals surface area contributed by atoms with Gasteiger partial charge in [-0.3, -0.25) is 4.79 Å². The van der Waals surface area contributed by atoms with E-state index in [0.29, 0.717) is 12.6 Å². The summed E-state index contributed by atoms with van der Waals surface area (Å²) in [5.41, 5.74) is 2.53. The highest BCUT2D eigenvalue weighted by Gasteiger charge is 2.27. The molecule has 0 N–H and O–H groups in total. The lowest BCUT2D eigenvalue weighted by atomic mass is 9.94. The van der Waals surface area contributed by atoms with E-state index in [4.69, 9.17) is 6.42 Å². The maximum Gasteiger partial charge on any atom is 0.266 e. The minimum atomic E-state index is 0.0554. The van der Waals surface area contributed by atoms with Crippen LogP contribution < -0.4 is 0 Å². The maximum atomic E-state index is 12.5. The summed E-state index contributed by atoms with van der Waals surface area (Å²) in [5, 5.41) is 0. The van der Waals surface area contributed by atoms with Gasteiger partial charge in [0.1, 0.15) is 4.88 Å². The van der Waals surface area contributed by atoms with Crippen LogP contribution in [0, 0.1) is 19.3 Å². The molecular formula is C14H18N2OS. The highest BCUT2D eigenvalue weighted by Crippen LogP contribution is 2.25. The number of amides is 1. The van der Waals surface area contributed by atoms with Crippen molar-refractivity contribution in [3.05, 3.63) is 16.1 Å². The number of aryl methyl sites for hydroxylation is 1. The molecule has 1 heterocycles. The summed E-state index contributed by atoms with van der Waals surface area (Å²) in [6.07, 6.45) is 11.2. The predicted molar refractivity (Wildman–Crippen MR) is 73.6 cm³/mol. The average molecular weight is 262 g/mol. The quantitative estimate of drug-likeness (QED) is 0.785. The van der Waals surface area contributed by atoms with Crippen molar-refractivity contribution in [3.8, 4) is 12.3 Å². The van der Waals surface area contributed by atoms with Crippen LogP contribution >= 0.6 is 11.3 Å². The molecule has 1 aromatic heterocycles. The van der Waals surface area contributed by atoms with Crippen molar-refractivity contribution in [2.24, 2.45) is 0 Å². The Labute approximate surface area is 112 Å². The van der Waals surface area contributed by atoms with Crippen molar-refractivity contribution in [1.29, 1.82) is 0 Å². The number of rotatable bonds is 3. The molecule has 1 amide bonds. The van der Waals surface area contributed by atoms with Crippen LogP contribution in [-0.2, 0) is 0 Å². The minimum Gasteiger partial charge on any atom is -0.324 e. The summed E-state index contributed by atoms with van der Waals surface area (Å²) < 4.78 is 0. The van der Waals surface area contributed by atoms with Crippen molar-refractivity contribution in [3.63, 3.8) is 0 Å². The Morgan fingerprint density at radius 1 is 1.56 bits per heavy atom. The number of nitrogens with zero attached hydrogens (tertiary/aromatic N) is 2. The molecule has 2 rings (SSSR count). The van der Waals surface area contributed by atoms with E-state index in [9.17, 15) is 4.79 Å². The average Bonchev–Trinajstić information content (AvgIpc) is 2.82. The second-order valence-electron chi connectivity index (χ2n) is 4.70. The molecule has 96 valence electrons. The van der Waals surface area contributed by atoms with Crippen LogP contribution in [0.3, 0.4) is 0 Å². The monoisotopic (exact) mass is 262 g/mol. The highest BCUT2D eigenvalue weighted by atomic mass is 32.1. The molecule has 1 saturated carbocycles. The molecule has 1 aliphatic carbocycles. The number of aromatic nitrogens is 1. The van der Waals surface area contributed by atoms with Gasteiger partial charge in [-0.15, -0.1) is 17.8 Å². The van der Waals surface area contributed by atoms with Crippen LogP contribution in [0.2, 0.25) is 0 Å². The third-order valence-corrected chi connectivity index (χ3v) is 4.39. The van der Waals surface area contributed by atoms with Crippen molar-refractivity contribution in [1.82, 2.24) is 9.88 Å². The lowest BCUT2D eigenvalue weighted by Crippen LogP contribution is -2.41. The Hall–Kier alpha value is -1.34. The molecule has 0 spiro atoms. The summed E-state index contributed by atoms with van der Waals surface area (Å²) in [4.78, 5) is 19.3. The zero-order valence-corrected chi connectivity index (χ0v) is 11.5. The Kier molecular flexibility index (Phi) is 4.38. The topological polar surface area (TPSA) is 33.2 Å². The SMILES string of the molecule is C#CCN(C(=O)c1scnc1C)C1CCCCC1. The Bertz CT molecular complexity index is 455. The van der Waals surface area contributed by atoms with Crippen LogP contribution in [0.5, 0.6) is 0 Å². The molecular weight excluding hydrogens is 244 g/mol. The van der Waals surface area contributed by atoms with E-state index >= 15 is 0 Å². The van der Waals surface area contributed by atoms with Crippen molar-refractivity contribution < 1.29 is 4.79 Å². The van der Waals surface area contributed by atoms with Gasteiger partial charge < -0.3 is 4.90 Å². The number of hydrogen-bond donors (Lipinski definition) is 0. The molecule has 0 radical (unpaired) electrons. The molecule has 4 heteroatoms. The van der Waals surface area contributed by atoms with Gasteiger partial charge in [-0.05, 0) is 19.8 Å². The van der Waals surface area contributed by atoms with E-state index in [2.05, 4.69) is 10.9 Å². The maximum absolute atomic E-state index is 12.5. The molecule has 3 nitrogen and oxygen atoms in total. The van der Waals surface area contributed by atoms with Gasteiger partial charge in [0.15, 0.2) is 0 Å². The Morgan fingerprint density at radius 2 is 2.28 bits per heavy atom. The predicted octanol–water partition coefficient (Wildman–Crippen LogP) is 2.86. The summed E-state index contributed by atoms with van der Waals surface area (Å²) in [5.74, 6) is 2.67. The van der Waals surface area contributed by atoms with Gasteiger partial charge in [-0.1, -0.05) is 25.2 Å². The molecule has 1 aromatic rings. The second-order valence-corrected chi connectivity index (χ2v) is 5.55. The van der Waals surface area contributed by atoms with Crippen LogP contribution in [0.15, 0.2) is 5.51 Å². The third kappa shape index (κ3) is 2.73. The zero-order chi connectivity index (χ0) is 13.0. The molecule has 0 aliphatic heterocycles. The number of carbonyl (C=O) groups is 1. The normalized spacial score (nSPS) is 16.2. The fourth-order valence-electron chi connectivity index (χ4n) is 2.50. The summed E-state index contributed by atoms with van der Waals surface area (Å²) in [7, 11) is 0. The lowest BCUT2D eigenvalue weighted by molar-refractivity contribution is 0.0671. The van der Waals surface area contributed by atoms with E-state index in [-0.39, 0.29) is 5.91 Å². The first-order chi connectivity index (χ1) is 8.74. The van der Waals surface area contributed by atoms with E-state index in [1.165, 1.54) is 30.6 Å². The smallest absolute Gasteiger partial charge is 0.266 e. The third-order valence-electron chi connectivity index (χ3n) is 3.48. The molecule has 0 atom stereocenters. The van der Waals surface area contributed by atoms with Gasteiger partial charge in [0.05, 0.1) is 17.7 Å². The number of terminal acetylenes is 1. The molecule has 0 bridgehead atoms. The zero-order valence-electron chi connectivity index (χ0n) is 10.7. The van der Waals surface area contributed by atoms with Gasteiger partial charge >= 0.3 is 0 Å². The standard InChI is InChI=1S/C14H18N2OS/c1-3-9-16(12-7-5-4-6-8-12)14(17)13-11(2)15-10-18-13/h1,10,12H,4-9H2,2H3. The second kappa shape index (κ2) is 6.01. The van der Waals surface area contributed by atoms with E-state index < -0.39 is 0 Å². The van der Waals surface area contributed by atoms with Gasteiger partial charge in [-0.25, -0.2) is 4.98 Å². The van der Waals surface area contributed by atoms with E-state index in [1.807, 2.05) is 11.8 Å². The molecule has 0 unspecified atom stereocenters. The largest absolute Gasteiger partial charge is 0.324 e. The number of carbonyl (C=O) groups excluding carboxylic acids is 1. The first kappa shape index (κ1) is 13.1. The lowest BCUT2D eigenvalue weighted by Gasteiger charge is -2.32. The minimum absolute atomic E-state index is 0.0554.